The molecule has 156 valence electrons. The summed E-state index contributed by atoms with van der Waals surface area (Å²) in [5.74, 6) is 0.756. The van der Waals surface area contributed by atoms with Crippen LogP contribution in [-0.2, 0) is 9.47 Å². The Bertz CT molecular complexity index is 418. The van der Waals surface area contributed by atoms with Crippen LogP contribution in [0.1, 0.15) is 54.9 Å². The Morgan fingerprint density at radius 1 is 1.04 bits per heavy atom. The first-order valence-electron chi connectivity index (χ1n) is 9.01. The molecule has 0 rings (SSSR count). The molecule has 26 heavy (non-hydrogen) atoms. The Morgan fingerprint density at radius 2 is 1.62 bits per heavy atom. The second-order valence-electron chi connectivity index (χ2n) is 8.02. The third-order valence-corrected chi connectivity index (χ3v) is 3.32. The quantitative estimate of drug-likeness (QED) is 0.213. The van der Waals surface area contributed by atoms with Crippen LogP contribution >= 0.6 is 24.0 Å². The summed E-state index contributed by atoms with van der Waals surface area (Å²) in [5.41, 5.74) is -0.439. The molecule has 0 aliphatic rings. The van der Waals surface area contributed by atoms with Gasteiger partial charge in [-0.1, -0.05) is 20.8 Å². The second-order valence-corrected chi connectivity index (χ2v) is 8.02. The zero-order chi connectivity index (χ0) is 19.5. The van der Waals surface area contributed by atoms with Crippen molar-refractivity contribution in [1.82, 2.24) is 16.0 Å². The summed E-state index contributed by atoms with van der Waals surface area (Å²) >= 11 is 0. The lowest BCUT2D eigenvalue weighted by Crippen LogP contribution is -2.40. The molecule has 1 unspecified atom stereocenters. The lowest BCUT2D eigenvalue weighted by atomic mass is 9.89. The summed E-state index contributed by atoms with van der Waals surface area (Å²) in [6.45, 7) is 16.6. The van der Waals surface area contributed by atoms with Crippen molar-refractivity contribution < 1.29 is 14.3 Å². The van der Waals surface area contributed by atoms with Gasteiger partial charge in [-0.25, -0.2) is 4.79 Å². The maximum Gasteiger partial charge on any atom is 0.407 e. The molecule has 1 atom stereocenters. The van der Waals surface area contributed by atoms with Crippen molar-refractivity contribution in [2.24, 2.45) is 10.4 Å². The van der Waals surface area contributed by atoms with Crippen LogP contribution in [0.5, 0.6) is 0 Å². The number of carbonyl (C=O) groups excluding carboxylic acids is 1. The van der Waals surface area contributed by atoms with Gasteiger partial charge in [0.2, 0.25) is 0 Å². The summed E-state index contributed by atoms with van der Waals surface area (Å²) in [5, 5.41) is 9.22. The normalized spacial score (nSPS) is 13.5. The third-order valence-electron chi connectivity index (χ3n) is 3.32. The van der Waals surface area contributed by atoms with Gasteiger partial charge in [-0.15, -0.1) is 24.0 Å². The number of hydrogen-bond donors (Lipinski definition) is 3. The maximum absolute atomic E-state index is 11.6. The number of ether oxygens (including phenoxy) is 2. The Kier molecular flexibility index (Phi) is 14.2. The van der Waals surface area contributed by atoms with Gasteiger partial charge in [0.15, 0.2) is 5.96 Å². The van der Waals surface area contributed by atoms with Crippen LogP contribution in [0.15, 0.2) is 4.99 Å². The lowest BCUT2D eigenvalue weighted by molar-refractivity contribution is 0.0241. The van der Waals surface area contributed by atoms with Crippen LogP contribution in [0.2, 0.25) is 0 Å². The van der Waals surface area contributed by atoms with Crippen LogP contribution < -0.4 is 16.0 Å². The molecular formula is C18H39IN4O3. The van der Waals surface area contributed by atoms with E-state index in [-0.39, 0.29) is 41.6 Å². The van der Waals surface area contributed by atoms with Crippen molar-refractivity contribution in [2.75, 3.05) is 33.3 Å². The van der Waals surface area contributed by atoms with E-state index in [0.717, 1.165) is 18.9 Å². The minimum absolute atomic E-state index is 0. The van der Waals surface area contributed by atoms with Crippen molar-refractivity contribution in [3.63, 3.8) is 0 Å². The van der Waals surface area contributed by atoms with Crippen LogP contribution in [0, 0.1) is 5.41 Å². The highest BCUT2D eigenvalue weighted by Gasteiger charge is 2.24. The first-order chi connectivity index (χ1) is 11.5. The molecule has 0 aromatic rings. The molecule has 0 radical (unpaired) electrons. The molecular weight excluding hydrogens is 447 g/mol. The molecule has 7 nitrogen and oxygen atoms in total. The van der Waals surface area contributed by atoms with Gasteiger partial charge in [0.25, 0.3) is 0 Å². The molecule has 0 heterocycles. The van der Waals surface area contributed by atoms with Gasteiger partial charge in [-0.2, -0.15) is 0 Å². The number of halogens is 1. The molecule has 0 aromatic carbocycles. The number of amides is 1. The van der Waals surface area contributed by atoms with Crippen LogP contribution in [0.4, 0.5) is 4.79 Å². The van der Waals surface area contributed by atoms with E-state index in [2.05, 4.69) is 41.7 Å². The largest absolute Gasteiger partial charge is 0.444 e. The molecule has 0 saturated heterocycles. The number of guanidine groups is 1. The number of rotatable bonds is 8. The fourth-order valence-electron chi connectivity index (χ4n) is 2.02. The number of nitrogens with one attached hydrogen (secondary N) is 3. The number of nitrogens with zero attached hydrogens (tertiary/aromatic N) is 1. The van der Waals surface area contributed by atoms with Gasteiger partial charge in [-0.3, -0.25) is 4.99 Å². The fourth-order valence-corrected chi connectivity index (χ4v) is 2.02. The summed E-state index contributed by atoms with van der Waals surface area (Å²) < 4.78 is 10.7. The SMILES string of the molecule is CCNC(=NCC(OC)C(C)(C)C)NCCCNC(=O)OC(C)(C)C.I. The Balaban J connectivity index is 0. The Labute approximate surface area is 176 Å². The average Bonchev–Trinajstić information content (AvgIpc) is 2.43. The van der Waals surface area contributed by atoms with Crippen molar-refractivity contribution in [2.45, 2.75) is 66.6 Å². The maximum atomic E-state index is 11.6. The molecule has 0 fully saturated rings. The topological polar surface area (TPSA) is 84.0 Å². The lowest BCUT2D eigenvalue weighted by Gasteiger charge is -2.28. The summed E-state index contributed by atoms with van der Waals surface area (Å²) in [6.07, 6.45) is 0.439. The zero-order valence-electron chi connectivity index (χ0n) is 17.7. The fraction of sp³-hybridized carbons (Fsp3) is 0.889. The summed E-state index contributed by atoms with van der Waals surface area (Å²) in [4.78, 5) is 16.1. The molecule has 8 heteroatoms. The number of carbonyl (C=O) groups is 1. The minimum atomic E-state index is -0.474. The third kappa shape index (κ3) is 14.4. The second kappa shape index (κ2) is 13.4. The monoisotopic (exact) mass is 486 g/mol. The molecule has 0 bridgehead atoms. The minimum Gasteiger partial charge on any atom is -0.444 e. The average molecular weight is 486 g/mol. The van der Waals surface area contributed by atoms with Crippen molar-refractivity contribution in [3.8, 4) is 0 Å². The van der Waals surface area contributed by atoms with Crippen molar-refractivity contribution in [3.05, 3.63) is 0 Å². The van der Waals surface area contributed by atoms with E-state index in [4.69, 9.17) is 9.47 Å². The first kappa shape index (κ1) is 27.4. The van der Waals surface area contributed by atoms with Gasteiger partial charge >= 0.3 is 6.09 Å². The Morgan fingerprint density at radius 3 is 2.08 bits per heavy atom. The molecule has 0 aliphatic heterocycles. The smallest absolute Gasteiger partial charge is 0.407 e. The van der Waals surface area contributed by atoms with Gasteiger partial charge < -0.3 is 25.4 Å². The van der Waals surface area contributed by atoms with Gasteiger partial charge in [0.1, 0.15) is 5.60 Å². The van der Waals surface area contributed by atoms with Crippen molar-refractivity contribution >= 4 is 36.0 Å². The predicted molar refractivity (Wildman–Crippen MR) is 119 cm³/mol. The molecule has 0 aliphatic carbocycles. The number of alkyl carbamates (subject to hydrolysis) is 1. The standard InChI is InChI=1S/C18H38N4O3.HI/c1-9-19-15(22-13-14(24-8)17(2,3)4)20-11-10-12-21-16(23)25-18(5,6)7;/h14H,9-13H2,1-8H3,(H,21,23)(H2,19,20,22);1H. The summed E-state index contributed by atoms with van der Waals surface area (Å²) in [6, 6.07) is 0. The number of aliphatic imine (C=N–C) groups is 1. The van der Waals surface area contributed by atoms with Crippen LogP contribution in [0.3, 0.4) is 0 Å². The van der Waals surface area contributed by atoms with E-state index < -0.39 is 5.60 Å². The molecule has 1 amide bonds. The van der Waals surface area contributed by atoms with E-state index in [1.54, 1.807) is 7.11 Å². The Hall–Kier alpha value is -0.770. The van der Waals surface area contributed by atoms with Gasteiger partial charge in [-0.05, 0) is 39.5 Å². The van der Waals surface area contributed by atoms with E-state index in [1.807, 2.05) is 27.7 Å². The van der Waals surface area contributed by atoms with E-state index in [1.165, 1.54) is 0 Å². The van der Waals surface area contributed by atoms with Crippen LogP contribution in [-0.4, -0.2) is 57.0 Å². The highest BCUT2D eigenvalue weighted by Crippen LogP contribution is 2.21. The predicted octanol–water partition coefficient (Wildman–Crippen LogP) is 3.14. The van der Waals surface area contributed by atoms with E-state index >= 15 is 0 Å². The van der Waals surface area contributed by atoms with Crippen molar-refractivity contribution in [1.29, 1.82) is 0 Å². The van der Waals surface area contributed by atoms with E-state index in [9.17, 15) is 4.79 Å². The number of methoxy groups -OCH3 is 1. The highest BCUT2D eigenvalue weighted by molar-refractivity contribution is 14.0. The van der Waals surface area contributed by atoms with Gasteiger partial charge in [0, 0.05) is 26.7 Å². The molecule has 0 saturated carbocycles. The van der Waals surface area contributed by atoms with Gasteiger partial charge in [0.05, 0.1) is 12.6 Å². The van der Waals surface area contributed by atoms with E-state index in [0.29, 0.717) is 19.6 Å². The highest BCUT2D eigenvalue weighted by atomic mass is 127. The zero-order valence-corrected chi connectivity index (χ0v) is 20.0. The summed E-state index contributed by atoms with van der Waals surface area (Å²) in [7, 11) is 1.72. The molecule has 0 aromatic heterocycles. The first-order valence-corrected chi connectivity index (χ1v) is 9.01. The molecule has 0 spiro atoms. The van der Waals surface area contributed by atoms with Crippen LogP contribution in [0.25, 0.3) is 0 Å². The molecule has 3 N–H and O–H groups in total. The number of hydrogen-bond acceptors (Lipinski definition) is 4.